The molecule has 88 valence electrons. The smallest absolute Gasteiger partial charge is 0.160 e. The SMILES string of the molecule is CCC(=O)C(C)OCCCc1ccccc1. The first kappa shape index (κ1) is 12.9. The maximum Gasteiger partial charge on any atom is 0.160 e. The molecule has 1 rings (SSSR count). The number of Topliss-reactive ketones (excluding diaryl/α,β-unsaturated/α-hetero) is 1. The molecule has 0 saturated carbocycles. The van der Waals surface area contributed by atoms with Gasteiger partial charge in [-0.1, -0.05) is 37.3 Å². The van der Waals surface area contributed by atoms with Crippen LogP contribution in [0.25, 0.3) is 0 Å². The maximum atomic E-state index is 11.3. The molecule has 0 N–H and O–H groups in total. The Labute approximate surface area is 97.6 Å². The second-order valence-corrected chi connectivity index (χ2v) is 3.92. The summed E-state index contributed by atoms with van der Waals surface area (Å²) in [5.74, 6) is 0.180. The van der Waals surface area contributed by atoms with E-state index in [0.29, 0.717) is 13.0 Å². The highest BCUT2D eigenvalue weighted by Gasteiger charge is 2.09. The summed E-state index contributed by atoms with van der Waals surface area (Å²) in [6.07, 6.45) is 2.28. The van der Waals surface area contributed by atoms with Crippen LogP contribution in [0.3, 0.4) is 0 Å². The number of rotatable bonds is 7. The lowest BCUT2D eigenvalue weighted by molar-refractivity contribution is -0.129. The zero-order valence-corrected chi connectivity index (χ0v) is 10.1. The fourth-order valence-corrected chi connectivity index (χ4v) is 1.56. The summed E-state index contributed by atoms with van der Waals surface area (Å²) in [4.78, 5) is 11.3. The lowest BCUT2D eigenvalue weighted by Crippen LogP contribution is -2.20. The predicted octanol–water partition coefficient (Wildman–Crippen LogP) is 3.00. The van der Waals surface area contributed by atoms with Crippen molar-refractivity contribution in [2.24, 2.45) is 0 Å². The summed E-state index contributed by atoms with van der Waals surface area (Å²) in [6.45, 7) is 4.35. The van der Waals surface area contributed by atoms with Crippen LogP contribution in [-0.4, -0.2) is 18.5 Å². The van der Waals surface area contributed by atoms with Crippen LogP contribution in [0.5, 0.6) is 0 Å². The van der Waals surface area contributed by atoms with Crippen LogP contribution >= 0.6 is 0 Å². The van der Waals surface area contributed by atoms with Crippen LogP contribution in [0.4, 0.5) is 0 Å². The second-order valence-electron chi connectivity index (χ2n) is 3.92. The normalized spacial score (nSPS) is 12.4. The Morgan fingerprint density at radius 3 is 2.62 bits per heavy atom. The van der Waals surface area contributed by atoms with E-state index >= 15 is 0 Å². The van der Waals surface area contributed by atoms with Gasteiger partial charge < -0.3 is 4.74 Å². The summed E-state index contributed by atoms with van der Waals surface area (Å²) < 4.78 is 5.47. The molecule has 0 aromatic heterocycles. The fourth-order valence-electron chi connectivity index (χ4n) is 1.56. The zero-order chi connectivity index (χ0) is 11.8. The number of hydrogen-bond donors (Lipinski definition) is 0. The summed E-state index contributed by atoms with van der Waals surface area (Å²) >= 11 is 0. The molecule has 16 heavy (non-hydrogen) atoms. The molecular weight excluding hydrogens is 200 g/mol. The molecule has 0 bridgehead atoms. The van der Waals surface area contributed by atoms with Gasteiger partial charge in [-0.15, -0.1) is 0 Å². The third-order valence-corrected chi connectivity index (χ3v) is 2.62. The van der Waals surface area contributed by atoms with Gasteiger partial charge in [0.25, 0.3) is 0 Å². The Morgan fingerprint density at radius 1 is 1.31 bits per heavy atom. The number of carbonyl (C=O) groups is 1. The minimum atomic E-state index is -0.249. The minimum Gasteiger partial charge on any atom is -0.371 e. The van der Waals surface area contributed by atoms with E-state index in [1.54, 1.807) is 0 Å². The van der Waals surface area contributed by atoms with Crippen molar-refractivity contribution < 1.29 is 9.53 Å². The molecule has 0 amide bonds. The van der Waals surface area contributed by atoms with E-state index in [0.717, 1.165) is 12.8 Å². The highest BCUT2D eigenvalue weighted by molar-refractivity contribution is 5.82. The molecule has 0 saturated heterocycles. The Balaban J connectivity index is 2.15. The number of hydrogen-bond acceptors (Lipinski definition) is 2. The number of aryl methyl sites for hydroxylation is 1. The summed E-state index contributed by atoms with van der Waals surface area (Å²) in [5, 5.41) is 0. The average molecular weight is 220 g/mol. The van der Waals surface area contributed by atoms with Crippen LogP contribution in [-0.2, 0) is 16.0 Å². The van der Waals surface area contributed by atoms with Gasteiger partial charge in [-0.2, -0.15) is 0 Å². The van der Waals surface area contributed by atoms with Gasteiger partial charge in [-0.05, 0) is 25.3 Å². The van der Waals surface area contributed by atoms with Gasteiger partial charge in [0, 0.05) is 13.0 Å². The molecule has 0 radical (unpaired) electrons. The highest BCUT2D eigenvalue weighted by Crippen LogP contribution is 2.04. The first-order valence-electron chi connectivity index (χ1n) is 5.92. The molecule has 0 aliphatic carbocycles. The van der Waals surface area contributed by atoms with Gasteiger partial charge in [0.05, 0.1) is 0 Å². The second kappa shape index (κ2) is 7.18. The molecule has 0 heterocycles. The Morgan fingerprint density at radius 2 is 2.00 bits per heavy atom. The van der Waals surface area contributed by atoms with E-state index in [4.69, 9.17) is 4.74 Å². The van der Waals surface area contributed by atoms with Crippen molar-refractivity contribution in [1.82, 2.24) is 0 Å². The van der Waals surface area contributed by atoms with Crippen LogP contribution in [0, 0.1) is 0 Å². The van der Waals surface area contributed by atoms with Crippen molar-refractivity contribution in [2.75, 3.05) is 6.61 Å². The van der Waals surface area contributed by atoms with Crippen molar-refractivity contribution >= 4 is 5.78 Å². The van der Waals surface area contributed by atoms with Gasteiger partial charge in [0.2, 0.25) is 0 Å². The maximum absolute atomic E-state index is 11.3. The van der Waals surface area contributed by atoms with Crippen molar-refractivity contribution in [3.63, 3.8) is 0 Å². The van der Waals surface area contributed by atoms with Crippen LogP contribution in [0.2, 0.25) is 0 Å². The first-order chi connectivity index (χ1) is 7.74. The van der Waals surface area contributed by atoms with Crippen molar-refractivity contribution in [3.05, 3.63) is 35.9 Å². The van der Waals surface area contributed by atoms with Gasteiger partial charge in [-0.3, -0.25) is 4.79 Å². The number of ether oxygens (including phenoxy) is 1. The standard InChI is InChI=1S/C14H20O2/c1-3-14(15)12(2)16-11-7-10-13-8-5-4-6-9-13/h4-6,8-9,12H,3,7,10-11H2,1-2H3. The number of carbonyl (C=O) groups excluding carboxylic acids is 1. The minimum absolute atomic E-state index is 0.180. The molecule has 0 aliphatic heterocycles. The largest absolute Gasteiger partial charge is 0.371 e. The van der Waals surface area contributed by atoms with E-state index in [-0.39, 0.29) is 11.9 Å². The van der Waals surface area contributed by atoms with E-state index in [2.05, 4.69) is 12.1 Å². The van der Waals surface area contributed by atoms with Gasteiger partial charge in [0.15, 0.2) is 5.78 Å². The lowest BCUT2D eigenvalue weighted by atomic mass is 10.1. The Hall–Kier alpha value is -1.15. The predicted molar refractivity (Wildman–Crippen MR) is 65.5 cm³/mol. The summed E-state index contributed by atoms with van der Waals surface area (Å²) in [6, 6.07) is 10.3. The molecule has 1 aromatic rings. The topological polar surface area (TPSA) is 26.3 Å². The third kappa shape index (κ3) is 4.58. The van der Waals surface area contributed by atoms with Crippen LogP contribution < -0.4 is 0 Å². The first-order valence-corrected chi connectivity index (χ1v) is 5.92. The van der Waals surface area contributed by atoms with Crippen LogP contribution in [0.15, 0.2) is 30.3 Å². The molecule has 2 nitrogen and oxygen atoms in total. The zero-order valence-electron chi connectivity index (χ0n) is 10.1. The molecule has 1 aromatic carbocycles. The molecule has 1 unspecified atom stereocenters. The highest BCUT2D eigenvalue weighted by atomic mass is 16.5. The van der Waals surface area contributed by atoms with E-state index in [1.165, 1.54) is 5.56 Å². The van der Waals surface area contributed by atoms with E-state index in [1.807, 2.05) is 32.0 Å². The lowest BCUT2D eigenvalue weighted by Gasteiger charge is -2.10. The quantitative estimate of drug-likeness (QED) is 0.660. The van der Waals surface area contributed by atoms with E-state index in [9.17, 15) is 4.79 Å². The van der Waals surface area contributed by atoms with Crippen molar-refractivity contribution in [1.29, 1.82) is 0 Å². The van der Waals surface area contributed by atoms with Crippen molar-refractivity contribution in [2.45, 2.75) is 39.2 Å². The van der Waals surface area contributed by atoms with Gasteiger partial charge >= 0.3 is 0 Å². The average Bonchev–Trinajstić information content (AvgIpc) is 2.34. The third-order valence-electron chi connectivity index (χ3n) is 2.62. The van der Waals surface area contributed by atoms with Gasteiger partial charge in [-0.25, -0.2) is 0 Å². The summed E-state index contributed by atoms with van der Waals surface area (Å²) in [5.41, 5.74) is 1.32. The molecule has 1 atom stereocenters. The van der Waals surface area contributed by atoms with Gasteiger partial charge in [0.1, 0.15) is 6.10 Å². The fraction of sp³-hybridized carbons (Fsp3) is 0.500. The molecule has 2 heteroatoms. The summed E-state index contributed by atoms with van der Waals surface area (Å²) in [7, 11) is 0. The monoisotopic (exact) mass is 220 g/mol. The number of benzene rings is 1. The molecular formula is C14H20O2. The molecule has 0 aliphatic rings. The Bertz CT molecular complexity index is 306. The van der Waals surface area contributed by atoms with Crippen LogP contribution in [0.1, 0.15) is 32.3 Å². The van der Waals surface area contributed by atoms with Crippen molar-refractivity contribution in [3.8, 4) is 0 Å². The number of ketones is 1. The Kier molecular flexibility index (Phi) is 5.79. The molecule has 0 spiro atoms. The molecule has 0 fully saturated rings. The van der Waals surface area contributed by atoms with E-state index < -0.39 is 0 Å².